The van der Waals surface area contributed by atoms with Crippen molar-refractivity contribution in [3.05, 3.63) is 29.8 Å². The molecule has 0 saturated heterocycles. The normalized spacial score (nSPS) is 12.8. The van der Waals surface area contributed by atoms with Crippen molar-refractivity contribution in [2.75, 3.05) is 6.61 Å². The average molecular weight is 235 g/mol. The summed E-state index contributed by atoms with van der Waals surface area (Å²) in [6.45, 7) is 9.39. The topological polar surface area (TPSA) is 21.3 Å². The van der Waals surface area contributed by atoms with Crippen molar-refractivity contribution in [3.63, 3.8) is 0 Å². The van der Waals surface area contributed by atoms with Gasteiger partial charge in [-0.1, -0.05) is 32.0 Å². The van der Waals surface area contributed by atoms with Crippen LogP contribution < -0.4 is 10.1 Å². The Hall–Kier alpha value is -1.02. The van der Waals surface area contributed by atoms with Gasteiger partial charge in [0.15, 0.2) is 0 Å². The molecule has 1 rings (SSSR count). The van der Waals surface area contributed by atoms with E-state index in [1.807, 2.05) is 19.1 Å². The highest BCUT2D eigenvalue weighted by Gasteiger charge is 2.13. The summed E-state index contributed by atoms with van der Waals surface area (Å²) in [5, 5.41) is 3.65. The van der Waals surface area contributed by atoms with Crippen LogP contribution >= 0.6 is 0 Å². The van der Waals surface area contributed by atoms with Gasteiger partial charge in [0.2, 0.25) is 0 Å². The first-order chi connectivity index (χ1) is 8.22. The molecular weight excluding hydrogens is 210 g/mol. The van der Waals surface area contributed by atoms with Crippen molar-refractivity contribution in [2.45, 2.75) is 52.6 Å². The Bertz CT molecular complexity index is 320. The van der Waals surface area contributed by atoms with Crippen molar-refractivity contribution >= 4 is 0 Å². The Morgan fingerprint density at radius 1 is 1.12 bits per heavy atom. The van der Waals surface area contributed by atoms with E-state index in [9.17, 15) is 0 Å². The van der Waals surface area contributed by atoms with Gasteiger partial charge in [0.1, 0.15) is 5.75 Å². The molecule has 0 spiro atoms. The van der Waals surface area contributed by atoms with Gasteiger partial charge in [-0.05, 0) is 32.8 Å². The second-order valence-electron chi connectivity index (χ2n) is 4.37. The van der Waals surface area contributed by atoms with Crippen molar-refractivity contribution in [3.8, 4) is 5.75 Å². The molecule has 1 atom stereocenters. The smallest absolute Gasteiger partial charge is 0.124 e. The first kappa shape index (κ1) is 14.0. The highest BCUT2D eigenvalue weighted by molar-refractivity contribution is 5.35. The lowest BCUT2D eigenvalue weighted by molar-refractivity contribution is 0.329. The Morgan fingerprint density at radius 3 is 2.35 bits per heavy atom. The maximum atomic E-state index is 5.67. The van der Waals surface area contributed by atoms with E-state index in [4.69, 9.17) is 4.74 Å². The number of nitrogens with one attached hydrogen (secondary N) is 1. The van der Waals surface area contributed by atoms with Crippen LogP contribution in [0.5, 0.6) is 5.75 Å². The van der Waals surface area contributed by atoms with Gasteiger partial charge < -0.3 is 10.1 Å². The predicted molar refractivity (Wildman–Crippen MR) is 73.5 cm³/mol. The third kappa shape index (κ3) is 4.04. The Kier molecular flexibility index (Phi) is 6.06. The van der Waals surface area contributed by atoms with E-state index in [1.165, 1.54) is 5.56 Å². The van der Waals surface area contributed by atoms with Crippen LogP contribution in [0.4, 0.5) is 0 Å². The van der Waals surface area contributed by atoms with Crippen LogP contribution in [0.25, 0.3) is 0 Å². The van der Waals surface area contributed by atoms with Gasteiger partial charge in [-0.2, -0.15) is 0 Å². The molecule has 0 fully saturated rings. The summed E-state index contributed by atoms with van der Waals surface area (Å²) in [7, 11) is 0. The predicted octanol–water partition coefficient (Wildman–Crippen LogP) is 3.92. The summed E-state index contributed by atoms with van der Waals surface area (Å²) in [5.74, 6) is 1.00. The third-order valence-corrected chi connectivity index (χ3v) is 3.16. The quantitative estimate of drug-likeness (QED) is 0.773. The number of ether oxygens (including phenoxy) is 1. The Labute approximate surface area is 105 Å². The fraction of sp³-hybridized carbons (Fsp3) is 0.600. The summed E-state index contributed by atoms with van der Waals surface area (Å²) in [4.78, 5) is 0. The van der Waals surface area contributed by atoms with Gasteiger partial charge in [0.25, 0.3) is 0 Å². The average Bonchev–Trinajstić information content (AvgIpc) is 2.36. The van der Waals surface area contributed by atoms with Crippen LogP contribution in [0.3, 0.4) is 0 Å². The molecule has 1 aromatic carbocycles. The number of rotatable bonds is 7. The molecule has 0 heterocycles. The minimum Gasteiger partial charge on any atom is -0.494 e. The van der Waals surface area contributed by atoms with Gasteiger partial charge in [-0.3, -0.25) is 0 Å². The van der Waals surface area contributed by atoms with Crippen molar-refractivity contribution < 1.29 is 4.74 Å². The molecule has 0 saturated carbocycles. The monoisotopic (exact) mass is 235 g/mol. The van der Waals surface area contributed by atoms with E-state index in [-0.39, 0.29) is 0 Å². The number of benzene rings is 1. The lowest BCUT2D eigenvalue weighted by Crippen LogP contribution is -2.30. The highest BCUT2D eigenvalue weighted by atomic mass is 16.5. The molecule has 0 amide bonds. The van der Waals surface area contributed by atoms with Crippen molar-refractivity contribution in [1.29, 1.82) is 0 Å². The lowest BCUT2D eigenvalue weighted by atomic mass is 10.0. The molecule has 0 aliphatic heterocycles. The van der Waals surface area contributed by atoms with E-state index < -0.39 is 0 Å². The van der Waals surface area contributed by atoms with E-state index in [2.05, 4.69) is 38.2 Å². The minimum atomic E-state index is 0.336. The first-order valence-corrected chi connectivity index (χ1v) is 6.70. The van der Waals surface area contributed by atoms with Gasteiger partial charge in [0.05, 0.1) is 6.61 Å². The van der Waals surface area contributed by atoms with Crippen LogP contribution in [0, 0.1) is 0 Å². The van der Waals surface area contributed by atoms with Crippen LogP contribution in [0.15, 0.2) is 24.3 Å². The third-order valence-electron chi connectivity index (χ3n) is 3.16. The Balaban J connectivity index is 2.76. The van der Waals surface area contributed by atoms with Gasteiger partial charge in [-0.15, -0.1) is 0 Å². The SMILES string of the molecule is CCOc1ccccc1C(C)NC(CC)CC. The second kappa shape index (κ2) is 7.33. The molecule has 1 unspecified atom stereocenters. The standard InChI is InChI=1S/C15H25NO/c1-5-13(6-2)16-12(4)14-10-8-9-11-15(14)17-7-3/h8-13,16H,5-7H2,1-4H3. The van der Waals surface area contributed by atoms with Crippen molar-refractivity contribution in [2.24, 2.45) is 0 Å². The lowest BCUT2D eigenvalue weighted by Gasteiger charge is -2.23. The molecule has 0 aliphatic carbocycles. The zero-order valence-corrected chi connectivity index (χ0v) is 11.5. The zero-order chi connectivity index (χ0) is 12.7. The second-order valence-corrected chi connectivity index (χ2v) is 4.37. The fourth-order valence-electron chi connectivity index (χ4n) is 2.09. The zero-order valence-electron chi connectivity index (χ0n) is 11.5. The maximum absolute atomic E-state index is 5.67. The highest BCUT2D eigenvalue weighted by Crippen LogP contribution is 2.25. The molecule has 96 valence electrons. The van der Waals surface area contributed by atoms with E-state index in [0.717, 1.165) is 18.6 Å². The molecule has 1 aromatic rings. The van der Waals surface area contributed by atoms with Crippen LogP contribution in [0.1, 0.15) is 52.1 Å². The number of hydrogen-bond acceptors (Lipinski definition) is 2. The van der Waals surface area contributed by atoms with E-state index in [0.29, 0.717) is 18.7 Å². The van der Waals surface area contributed by atoms with Crippen LogP contribution in [-0.2, 0) is 0 Å². The van der Waals surface area contributed by atoms with Crippen molar-refractivity contribution in [1.82, 2.24) is 5.32 Å². The summed E-state index contributed by atoms with van der Waals surface area (Å²) in [6, 6.07) is 9.21. The van der Waals surface area contributed by atoms with E-state index in [1.54, 1.807) is 0 Å². The van der Waals surface area contributed by atoms with E-state index >= 15 is 0 Å². The number of para-hydroxylation sites is 1. The fourth-order valence-corrected chi connectivity index (χ4v) is 2.09. The summed E-state index contributed by atoms with van der Waals surface area (Å²) < 4.78 is 5.67. The molecule has 0 aromatic heterocycles. The van der Waals surface area contributed by atoms with Gasteiger partial charge >= 0.3 is 0 Å². The summed E-state index contributed by atoms with van der Waals surface area (Å²) >= 11 is 0. The molecule has 2 heteroatoms. The van der Waals surface area contributed by atoms with Gasteiger partial charge in [0, 0.05) is 17.6 Å². The summed E-state index contributed by atoms with van der Waals surface area (Å²) in [6.07, 6.45) is 2.33. The largest absolute Gasteiger partial charge is 0.494 e. The molecular formula is C15H25NO. The van der Waals surface area contributed by atoms with Gasteiger partial charge in [-0.25, -0.2) is 0 Å². The molecule has 0 radical (unpaired) electrons. The molecule has 0 bridgehead atoms. The Morgan fingerprint density at radius 2 is 1.76 bits per heavy atom. The molecule has 0 aliphatic rings. The molecule has 17 heavy (non-hydrogen) atoms. The van der Waals surface area contributed by atoms with Crippen LogP contribution in [-0.4, -0.2) is 12.6 Å². The number of hydrogen-bond donors (Lipinski definition) is 1. The van der Waals surface area contributed by atoms with Crippen LogP contribution in [0.2, 0.25) is 0 Å². The molecule has 2 nitrogen and oxygen atoms in total. The first-order valence-electron chi connectivity index (χ1n) is 6.70. The maximum Gasteiger partial charge on any atom is 0.124 e. The minimum absolute atomic E-state index is 0.336. The summed E-state index contributed by atoms with van der Waals surface area (Å²) in [5.41, 5.74) is 1.25. The molecule has 1 N–H and O–H groups in total.